The van der Waals surface area contributed by atoms with E-state index in [4.69, 9.17) is 4.42 Å². The maximum Gasteiger partial charge on any atom is 0.273 e. The summed E-state index contributed by atoms with van der Waals surface area (Å²) in [6.07, 6.45) is 1.83. The number of benzene rings is 2. The standard InChI is InChI=1S/C17H13N3O4/c21-16(10-5-6-10)18-13-4-2-1-3-12(13)17-19-14-8-7-11(20(22)23)9-15(14)24-17/h1-4,7-10H,5-6H2,(H,18,21). The molecule has 1 amide bonds. The lowest BCUT2D eigenvalue weighted by atomic mass is 10.1. The molecule has 24 heavy (non-hydrogen) atoms. The molecule has 0 bridgehead atoms. The Labute approximate surface area is 136 Å². The van der Waals surface area contributed by atoms with Crippen LogP contribution in [0.3, 0.4) is 0 Å². The molecule has 1 fully saturated rings. The van der Waals surface area contributed by atoms with Crippen LogP contribution in [0.5, 0.6) is 0 Å². The van der Waals surface area contributed by atoms with Crippen LogP contribution in [-0.4, -0.2) is 15.8 Å². The zero-order valence-electron chi connectivity index (χ0n) is 12.6. The zero-order valence-corrected chi connectivity index (χ0v) is 12.6. The number of anilines is 1. The molecule has 1 aromatic heterocycles. The quantitative estimate of drug-likeness (QED) is 0.582. The summed E-state index contributed by atoms with van der Waals surface area (Å²) in [5.74, 6) is 0.399. The summed E-state index contributed by atoms with van der Waals surface area (Å²) in [6.45, 7) is 0. The highest BCUT2D eigenvalue weighted by Crippen LogP contribution is 2.34. The molecule has 0 aliphatic heterocycles. The molecule has 3 aromatic rings. The Morgan fingerprint density at radius 3 is 2.79 bits per heavy atom. The van der Waals surface area contributed by atoms with Gasteiger partial charge in [0.25, 0.3) is 5.69 Å². The van der Waals surface area contributed by atoms with E-state index in [0.717, 1.165) is 12.8 Å². The van der Waals surface area contributed by atoms with Crippen molar-refractivity contribution in [2.24, 2.45) is 5.92 Å². The van der Waals surface area contributed by atoms with Gasteiger partial charge in [-0.1, -0.05) is 12.1 Å². The van der Waals surface area contributed by atoms with Gasteiger partial charge in [0.1, 0.15) is 5.52 Å². The fraction of sp³-hybridized carbons (Fsp3) is 0.176. The van der Waals surface area contributed by atoms with E-state index in [2.05, 4.69) is 10.3 Å². The number of rotatable bonds is 4. The molecule has 4 rings (SSSR count). The highest BCUT2D eigenvalue weighted by atomic mass is 16.6. The van der Waals surface area contributed by atoms with Gasteiger partial charge in [0.05, 0.1) is 22.2 Å². The van der Waals surface area contributed by atoms with Gasteiger partial charge in [0.15, 0.2) is 5.58 Å². The van der Waals surface area contributed by atoms with E-state index in [1.54, 1.807) is 18.2 Å². The van der Waals surface area contributed by atoms with E-state index in [1.165, 1.54) is 12.1 Å². The van der Waals surface area contributed by atoms with Crippen molar-refractivity contribution in [3.8, 4) is 11.5 Å². The molecular weight excluding hydrogens is 310 g/mol. The lowest BCUT2D eigenvalue weighted by Gasteiger charge is -2.07. The van der Waals surface area contributed by atoms with E-state index < -0.39 is 4.92 Å². The van der Waals surface area contributed by atoms with E-state index in [9.17, 15) is 14.9 Å². The predicted molar refractivity (Wildman–Crippen MR) is 87.5 cm³/mol. The number of nitro groups is 1. The third-order valence-corrected chi connectivity index (χ3v) is 3.95. The first-order valence-corrected chi connectivity index (χ1v) is 7.57. The Hall–Kier alpha value is -3.22. The van der Waals surface area contributed by atoms with Crippen LogP contribution < -0.4 is 5.32 Å². The van der Waals surface area contributed by atoms with Gasteiger partial charge in [0, 0.05) is 12.0 Å². The van der Waals surface area contributed by atoms with Crippen LogP contribution in [0.4, 0.5) is 11.4 Å². The molecular formula is C17H13N3O4. The molecule has 7 heteroatoms. The number of hydrogen-bond donors (Lipinski definition) is 1. The smallest absolute Gasteiger partial charge is 0.273 e. The first-order valence-electron chi connectivity index (χ1n) is 7.57. The molecule has 1 saturated carbocycles. The average molecular weight is 323 g/mol. The summed E-state index contributed by atoms with van der Waals surface area (Å²) in [4.78, 5) is 26.8. The Kier molecular flexibility index (Phi) is 3.26. The van der Waals surface area contributed by atoms with Crippen molar-refractivity contribution in [2.75, 3.05) is 5.32 Å². The molecule has 0 saturated heterocycles. The molecule has 1 N–H and O–H groups in total. The third-order valence-electron chi connectivity index (χ3n) is 3.95. The van der Waals surface area contributed by atoms with Crippen LogP contribution in [0.2, 0.25) is 0 Å². The predicted octanol–water partition coefficient (Wildman–Crippen LogP) is 3.75. The molecule has 120 valence electrons. The summed E-state index contributed by atoms with van der Waals surface area (Å²) >= 11 is 0. The largest absolute Gasteiger partial charge is 0.436 e. The van der Waals surface area contributed by atoms with Crippen molar-refractivity contribution < 1.29 is 14.1 Å². The highest BCUT2D eigenvalue weighted by molar-refractivity contribution is 5.97. The van der Waals surface area contributed by atoms with Crippen LogP contribution in [-0.2, 0) is 4.79 Å². The minimum Gasteiger partial charge on any atom is -0.436 e. The van der Waals surface area contributed by atoms with Crippen molar-refractivity contribution in [1.29, 1.82) is 0 Å². The second-order valence-corrected chi connectivity index (χ2v) is 5.74. The number of fused-ring (bicyclic) bond motifs is 1. The lowest BCUT2D eigenvalue weighted by molar-refractivity contribution is -0.384. The number of nitrogens with zero attached hydrogens (tertiary/aromatic N) is 2. The monoisotopic (exact) mass is 323 g/mol. The van der Waals surface area contributed by atoms with Crippen LogP contribution in [0, 0.1) is 16.0 Å². The van der Waals surface area contributed by atoms with Crippen molar-refractivity contribution in [1.82, 2.24) is 4.98 Å². The minimum absolute atomic E-state index is 0.00537. The van der Waals surface area contributed by atoms with Gasteiger partial charge in [-0.3, -0.25) is 14.9 Å². The Bertz CT molecular complexity index is 959. The number of nitrogens with one attached hydrogen (secondary N) is 1. The molecule has 0 unspecified atom stereocenters. The SMILES string of the molecule is O=C(Nc1ccccc1-c1nc2ccc([N+](=O)[O-])cc2o1)C1CC1. The summed E-state index contributed by atoms with van der Waals surface area (Å²) in [6, 6.07) is 11.5. The first kappa shape index (κ1) is 14.4. The molecule has 2 aromatic carbocycles. The van der Waals surface area contributed by atoms with E-state index in [1.807, 2.05) is 12.1 Å². The van der Waals surface area contributed by atoms with Crippen molar-refractivity contribution in [2.45, 2.75) is 12.8 Å². The van der Waals surface area contributed by atoms with E-state index in [-0.39, 0.29) is 17.5 Å². The number of nitro benzene ring substituents is 1. The van der Waals surface area contributed by atoms with Gasteiger partial charge >= 0.3 is 0 Å². The number of para-hydroxylation sites is 1. The highest BCUT2D eigenvalue weighted by Gasteiger charge is 2.30. The van der Waals surface area contributed by atoms with Crippen LogP contribution >= 0.6 is 0 Å². The molecule has 0 atom stereocenters. The molecule has 7 nitrogen and oxygen atoms in total. The van der Waals surface area contributed by atoms with E-state index >= 15 is 0 Å². The van der Waals surface area contributed by atoms with Crippen molar-refractivity contribution in [3.05, 3.63) is 52.6 Å². The van der Waals surface area contributed by atoms with Gasteiger partial charge in [-0.05, 0) is 31.0 Å². The van der Waals surface area contributed by atoms with Gasteiger partial charge in [-0.15, -0.1) is 0 Å². The number of non-ortho nitro benzene ring substituents is 1. The number of aromatic nitrogens is 1. The van der Waals surface area contributed by atoms with Crippen molar-refractivity contribution >= 4 is 28.4 Å². The number of carbonyl (C=O) groups excluding carboxylic acids is 1. The maximum atomic E-state index is 12.0. The van der Waals surface area contributed by atoms with Crippen LogP contribution in [0.25, 0.3) is 22.6 Å². The Balaban J connectivity index is 1.74. The van der Waals surface area contributed by atoms with E-state index in [0.29, 0.717) is 28.2 Å². The zero-order chi connectivity index (χ0) is 16.7. The van der Waals surface area contributed by atoms with Crippen LogP contribution in [0.1, 0.15) is 12.8 Å². The Morgan fingerprint density at radius 2 is 2.04 bits per heavy atom. The Morgan fingerprint density at radius 1 is 1.25 bits per heavy atom. The number of amides is 1. The molecule has 1 aliphatic rings. The van der Waals surface area contributed by atoms with Crippen molar-refractivity contribution in [3.63, 3.8) is 0 Å². The van der Waals surface area contributed by atoms with Crippen LogP contribution in [0.15, 0.2) is 46.9 Å². The second-order valence-electron chi connectivity index (χ2n) is 5.74. The normalized spacial score (nSPS) is 13.8. The lowest BCUT2D eigenvalue weighted by Crippen LogP contribution is -2.13. The van der Waals surface area contributed by atoms with Gasteiger partial charge in [-0.25, -0.2) is 4.98 Å². The molecule has 0 spiro atoms. The van der Waals surface area contributed by atoms with Gasteiger partial charge < -0.3 is 9.73 Å². The molecule has 1 aliphatic carbocycles. The number of oxazole rings is 1. The summed E-state index contributed by atoms with van der Waals surface area (Å²) < 4.78 is 5.68. The topological polar surface area (TPSA) is 98.3 Å². The van der Waals surface area contributed by atoms with Gasteiger partial charge in [-0.2, -0.15) is 0 Å². The average Bonchev–Trinajstić information content (AvgIpc) is 3.34. The molecule has 1 heterocycles. The first-order chi connectivity index (χ1) is 11.6. The summed E-state index contributed by atoms with van der Waals surface area (Å²) in [5.41, 5.74) is 2.07. The fourth-order valence-electron chi connectivity index (χ4n) is 2.50. The summed E-state index contributed by atoms with van der Waals surface area (Å²) in [5, 5.41) is 13.8. The molecule has 0 radical (unpaired) electrons. The minimum atomic E-state index is -0.481. The third kappa shape index (κ3) is 2.60. The maximum absolute atomic E-state index is 12.0. The van der Waals surface area contributed by atoms with Gasteiger partial charge in [0.2, 0.25) is 11.8 Å². The fourth-order valence-corrected chi connectivity index (χ4v) is 2.50. The summed E-state index contributed by atoms with van der Waals surface area (Å²) in [7, 11) is 0. The second kappa shape index (κ2) is 5.45. The number of hydrogen-bond acceptors (Lipinski definition) is 5. The number of carbonyl (C=O) groups is 1.